The highest BCUT2D eigenvalue weighted by molar-refractivity contribution is 7.46. The van der Waals surface area contributed by atoms with Gasteiger partial charge in [0.25, 0.3) is 0 Å². The molecule has 0 amide bonds. The lowest BCUT2D eigenvalue weighted by Gasteiger charge is -1.90. The van der Waals surface area contributed by atoms with E-state index in [1.165, 1.54) is 25.7 Å². The van der Waals surface area contributed by atoms with Crippen molar-refractivity contribution in [3.8, 4) is 0 Å². The molecule has 0 aliphatic rings. The van der Waals surface area contributed by atoms with E-state index in [2.05, 4.69) is 18.5 Å². The van der Waals surface area contributed by atoms with Gasteiger partial charge in [0.05, 0.1) is 0 Å². The standard InChI is InChI=1S/2C4H11N.H3O5P/c2*1-2-3-4-5;1-5-6(2,3)4/h2*2-5H2,1H3;1H,(H2,2,3,4). The van der Waals surface area contributed by atoms with Crippen molar-refractivity contribution in [2.75, 3.05) is 13.1 Å². The maximum atomic E-state index is 9.22. The highest BCUT2D eigenvalue weighted by Crippen LogP contribution is 2.33. The highest BCUT2D eigenvalue weighted by Gasteiger charge is 2.10. The van der Waals surface area contributed by atoms with Crippen LogP contribution in [0.15, 0.2) is 0 Å². The van der Waals surface area contributed by atoms with Gasteiger partial charge in [-0.05, 0) is 25.9 Å². The summed E-state index contributed by atoms with van der Waals surface area (Å²) in [5.74, 6) is 0. The molecule has 0 aromatic carbocycles. The SMILES string of the molecule is CCCCN.CCCCN.O=P(O)(O)OO. The van der Waals surface area contributed by atoms with Crippen molar-refractivity contribution in [2.24, 2.45) is 11.5 Å². The van der Waals surface area contributed by atoms with Gasteiger partial charge in [-0.15, -0.1) is 4.67 Å². The summed E-state index contributed by atoms with van der Waals surface area (Å²) < 4.78 is 11.8. The third kappa shape index (κ3) is 48.3. The second-order valence-corrected chi connectivity index (χ2v) is 4.00. The van der Waals surface area contributed by atoms with Crippen molar-refractivity contribution >= 4 is 7.82 Å². The zero-order chi connectivity index (χ0) is 13.4. The topological polar surface area (TPSA) is 139 Å². The molecule has 0 spiro atoms. The van der Waals surface area contributed by atoms with Crippen molar-refractivity contribution < 1.29 is 24.3 Å². The Balaban J connectivity index is -0.000000160. The van der Waals surface area contributed by atoms with Crippen LogP contribution < -0.4 is 11.5 Å². The molecule has 0 aliphatic carbocycles. The van der Waals surface area contributed by atoms with Crippen LogP contribution in [0.4, 0.5) is 0 Å². The van der Waals surface area contributed by atoms with E-state index >= 15 is 0 Å². The fraction of sp³-hybridized carbons (Fsp3) is 1.00. The van der Waals surface area contributed by atoms with Crippen molar-refractivity contribution in [3.63, 3.8) is 0 Å². The largest absolute Gasteiger partial charge is 0.496 e. The van der Waals surface area contributed by atoms with E-state index in [0.29, 0.717) is 0 Å². The summed E-state index contributed by atoms with van der Waals surface area (Å²) in [6.45, 7) is 5.95. The predicted octanol–water partition coefficient (Wildman–Crippen LogP) is 1.06. The Morgan fingerprint density at radius 1 is 1.06 bits per heavy atom. The Labute approximate surface area is 97.0 Å². The normalized spacial score (nSPS) is 9.69. The van der Waals surface area contributed by atoms with Gasteiger partial charge in [-0.3, -0.25) is 0 Å². The molecule has 102 valence electrons. The molecule has 16 heavy (non-hydrogen) atoms. The van der Waals surface area contributed by atoms with Crippen molar-refractivity contribution in [3.05, 3.63) is 0 Å². The molecular formula is C8H25N2O5P. The lowest BCUT2D eigenvalue weighted by molar-refractivity contribution is -0.158. The molecule has 0 saturated heterocycles. The minimum Gasteiger partial charge on any atom is -0.330 e. The van der Waals surface area contributed by atoms with Gasteiger partial charge in [-0.2, -0.15) is 0 Å². The fourth-order valence-corrected chi connectivity index (χ4v) is 0.408. The van der Waals surface area contributed by atoms with Gasteiger partial charge < -0.3 is 21.3 Å². The van der Waals surface area contributed by atoms with Gasteiger partial charge in [-0.1, -0.05) is 26.7 Å². The zero-order valence-corrected chi connectivity index (χ0v) is 10.9. The van der Waals surface area contributed by atoms with Crippen molar-refractivity contribution in [1.29, 1.82) is 0 Å². The first-order valence-electron chi connectivity index (χ1n) is 5.18. The third-order valence-electron chi connectivity index (χ3n) is 1.22. The molecule has 0 saturated carbocycles. The molecular weight excluding hydrogens is 235 g/mol. The van der Waals surface area contributed by atoms with E-state index in [1.54, 1.807) is 0 Å². The molecule has 0 radical (unpaired) electrons. The maximum Gasteiger partial charge on any atom is 0.496 e. The van der Waals surface area contributed by atoms with Crippen LogP contribution in [0, 0.1) is 0 Å². The lowest BCUT2D eigenvalue weighted by Crippen LogP contribution is -1.95. The van der Waals surface area contributed by atoms with Crippen molar-refractivity contribution in [1.82, 2.24) is 0 Å². The molecule has 7 nitrogen and oxygen atoms in total. The Kier molecular flexibility index (Phi) is 23.1. The number of phosphoric acid groups is 1. The Bertz CT molecular complexity index is 143. The molecule has 8 heteroatoms. The molecule has 0 atom stereocenters. The number of unbranched alkanes of at least 4 members (excludes halogenated alkanes) is 2. The Morgan fingerprint density at radius 3 is 1.31 bits per heavy atom. The predicted molar refractivity (Wildman–Crippen MR) is 63.7 cm³/mol. The quantitative estimate of drug-likeness (QED) is 0.283. The number of rotatable bonds is 5. The van der Waals surface area contributed by atoms with E-state index < -0.39 is 7.82 Å². The van der Waals surface area contributed by atoms with E-state index in [0.717, 1.165) is 13.1 Å². The van der Waals surface area contributed by atoms with Crippen molar-refractivity contribution in [2.45, 2.75) is 39.5 Å². The van der Waals surface area contributed by atoms with Crippen LogP contribution in [0.3, 0.4) is 0 Å². The summed E-state index contributed by atoms with van der Waals surface area (Å²) in [7, 11) is -4.59. The summed E-state index contributed by atoms with van der Waals surface area (Å²) in [6, 6.07) is 0. The van der Waals surface area contributed by atoms with E-state index in [-0.39, 0.29) is 0 Å². The monoisotopic (exact) mass is 260 g/mol. The summed E-state index contributed by atoms with van der Waals surface area (Å²) in [5.41, 5.74) is 10.3. The Hall–Kier alpha value is -0.0100. The lowest BCUT2D eigenvalue weighted by atomic mass is 10.3. The number of hydrogen-bond acceptors (Lipinski definition) is 5. The molecule has 0 aliphatic heterocycles. The highest BCUT2D eigenvalue weighted by atomic mass is 31.2. The van der Waals surface area contributed by atoms with Gasteiger partial charge in [0.2, 0.25) is 0 Å². The molecule has 0 rings (SSSR count). The van der Waals surface area contributed by atoms with Crippen LogP contribution in [0.5, 0.6) is 0 Å². The summed E-state index contributed by atoms with van der Waals surface area (Å²) in [6.07, 6.45) is 4.77. The smallest absolute Gasteiger partial charge is 0.330 e. The van der Waals surface area contributed by atoms with E-state index in [1.807, 2.05) is 0 Å². The number of nitrogens with two attached hydrogens (primary N) is 2. The van der Waals surface area contributed by atoms with Crippen LogP contribution in [0.2, 0.25) is 0 Å². The minimum atomic E-state index is -4.59. The van der Waals surface area contributed by atoms with Gasteiger partial charge in [0, 0.05) is 0 Å². The van der Waals surface area contributed by atoms with Crippen LogP contribution >= 0.6 is 7.82 Å². The van der Waals surface area contributed by atoms with Gasteiger partial charge >= 0.3 is 7.82 Å². The molecule has 0 heterocycles. The fourth-order valence-electron chi connectivity index (χ4n) is 0.408. The van der Waals surface area contributed by atoms with Crippen LogP contribution in [-0.4, -0.2) is 28.1 Å². The minimum absolute atomic E-state index is 0.844. The first-order valence-corrected chi connectivity index (χ1v) is 6.71. The van der Waals surface area contributed by atoms with Crippen LogP contribution in [0.1, 0.15) is 39.5 Å². The van der Waals surface area contributed by atoms with E-state index in [9.17, 15) is 4.57 Å². The second kappa shape index (κ2) is 17.4. The van der Waals surface area contributed by atoms with Gasteiger partial charge in [-0.25, -0.2) is 9.82 Å². The molecule has 7 N–H and O–H groups in total. The average Bonchev–Trinajstić information content (AvgIpc) is 2.21. The third-order valence-corrected chi connectivity index (χ3v) is 1.43. The summed E-state index contributed by atoms with van der Waals surface area (Å²) in [4.78, 5) is 14.9. The maximum absolute atomic E-state index is 9.22. The first kappa shape index (κ1) is 21.3. The Morgan fingerprint density at radius 2 is 1.31 bits per heavy atom. The summed E-state index contributed by atoms with van der Waals surface area (Å²) in [5, 5.41) is 7.14. The van der Waals surface area contributed by atoms with Crippen LogP contribution in [-0.2, 0) is 9.24 Å². The van der Waals surface area contributed by atoms with Gasteiger partial charge in [0.15, 0.2) is 0 Å². The average molecular weight is 260 g/mol. The second-order valence-electron chi connectivity index (χ2n) is 2.86. The molecule has 0 aromatic rings. The summed E-state index contributed by atoms with van der Waals surface area (Å²) >= 11 is 0. The molecule has 0 unspecified atom stereocenters. The van der Waals surface area contributed by atoms with Crippen LogP contribution in [0.25, 0.3) is 0 Å². The van der Waals surface area contributed by atoms with Gasteiger partial charge in [0.1, 0.15) is 0 Å². The molecule has 0 aromatic heterocycles. The number of hydrogen-bond donors (Lipinski definition) is 5. The molecule has 0 bridgehead atoms. The first-order chi connectivity index (χ1) is 7.39. The van der Waals surface area contributed by atoms with E-state index in [4.69, 9.17) is 26.5 Å². The molecule has 0 fully saturated rings. The zero-order valence-electron chi connectivity index (χ0n) is 10.0.